The normalized spacial score (nSPS) is 24.1. The molecule has 0 aromatic heterocycles. The largest absolute Gasteiger partial charge is 0.309 e. The van der Waals surface area contributed by atoms with Gasteiger partial charge in [-0.25, -0.2) is 0 Å². The fourth-order valence-electron chi connectivity index (χ4n) is 3.66. The van der Waals surface area contributed by atoms with Gasteiger partial charge in [-0.2, -0.15) is 0 Å². The zero-order valence-corrected chi connectivity index (χ0v) is 13.2. The second-order valence-electron chi connectivity index (χ2n) is 8.04. The Kier molecular flexibility index (Phi) is 4.06. The summed E-state index contributed by atoms with van der Waals surface area (Å²) in [5.74, 6) is 0.768. The second kappa shape index (κ2) is 5.28. The van der Waals surface area contributed by atoms with Gasteiger partial charge in [0.1, 0.15) is 0 Å². The van der Waals surface area contributed by atoms with Crippen molar-refractivity contribution in [3.63, 3.8) is 0 Å². The van der Waals surface area contributed by atoms with Gasteiger partial charge < -0.3 is 5.32 Å². The van der Waals surface area contributed by atoms with Gasteiger partial charge in [0.15, 0.2) is 0 Å². The summed E-state index contributed by atoms with van der Waals surface area (Å²) in [6, 6.07) is 11.6. The molecule has 0 unspecified atom stereocenters. The van der Waals surface area contributed by atoms with Crippen molar-refractivity contribution >= 4 is 0 Å². The summed E-state index contributed by atoms with van der Waals surface area (Å²) < 4.78 is 0. The van der Waals surface area contributed by atoms with Gasteiger partial charge in [0, 0.05) is 11.6 Å². The second-order valence-corrected chi connectivity index (χ2v) is 8.04. The van der Waals surface area contributed by atoms with Crippen molar-refractivity contribution in [3.8, 4) is 0 Å². The summed E-state index contributed by atoms with van der Waals surface area (Å²) in [6.07, 6.45) is 3.79. The molecule has 0 atom stereocenters. The van der Waals surface area contributed by atoms with E-state index in [9.17, 15) is 0 Å². The Morgan fingerprint density at radius 3 is 2.11 bits per heavy atom. The van der Waals surface area contributed by atoms with E-state index < -0.39 is 0 Å². The zero-order chi connectivity index (χ0) is 14.1. The maximum Gasteiger partial charge on any atom is 0.0132 e. The van der Waals surface area contributed by atoms with Crippen molar-refractivity contribution in [1.29, 1.82) is 0 Å². The highest BCUT2D eigenvalue weighted by atomic mass is 15.0. The van der Waals surface area contributed by atoms with Crippen molar-refractivity contribution in [1.82, 2.24) is 5.32 Å². The molecule has 0 spiro atoms. The molecule has 1 nitrogen and oxygen atoms in total. The van der Waals surface area contributed by atoms with E-state index in [4.69, 9.17) is 0 Å². The summed E-state index contributed by atoms with van der Waals surface area (Å²) in [6.45, 7) is 11.7. The Labute approximate surface area is 118 Å². The lowest BCUT2D eigenvalue weighted by Crippen LogP contribution is -2.52. The average molecular weight is 259 g/mol. The van der Waals surface area contributed by atoms with Gasteiger partial charge in [-0.1, -0.05) is 51.1 Å². The quantitative estimate of drug-likeness (QED) is 0.823. The van der Waals surface area contributed by atoms with E-state index in [1.165, 1.54) is 24.8 Å². The minimum atomic E-state index is 0.241. The molecule has 106 valence electrons. The van der Waals surface area contributed by atoms with Crippen LogP contribution in [0.15, 0.2) is 30.3 Å². The molecule has 1 aromatic carbocycles. The predicted octanol–water partition coefficient (Wildman–Crippen LogP) is 4.74. The van der Waals surface area contributed by atoms with E-state index in [-0.39, 0.29) is 5.54 Å². The Morgan fingerprint density at radius 1 is 1.00 bits per heavy atom. The molecule has 1 N–H and O–H groups in total. The lowest BCUT2D eigenvalue weighted by atomic mass is 9.74. The molecular weight excluding hydrogens is 230 g/mol. The molecule has 1 aliphatic carbocycles. The Hall–Kier alpha value is -0.820. The minimum Gasteiger partial charge on any atom is -0.309 e. The SMILES string of the molecule is CC(C)(C)CC(C)(C)NC1CC(c2ccccc2)C1. The highest BCUT2D eigenvalue weighted by Gasteiger charge is 2.35. The summed E-state index contributed by atoms with van der Waals surface area (Å²) >= 11 is 0. The number of hydrogen-bond acceptors (Lipinski definition) is 1. The maximum atomic E-state index is 3.85. The Bertz CT molecular complexity index is 393. The minimum absolute atomic E-state index is 0.241. The van der Waals surface area contributed by atoms with E-state index in [1.807, 2.05) is 0 Å². The molecule has 0 amide bonds. The van der Waals surface area contributed by atoms with E-state index in [1.54, 1.807) is 0 Å². The van der Waals surface area contributed by atoms with E-state index in [2.05, 4.69) is 70.3 Å². The van der Waals surface area contributed by atoms with Crippen LogP contribution in [0.3, 0.4) is 0 Å². The first-order valence-corrected chi connectivity index (χ1v) is 7.58. The van der Waals surface area contributed by atoms with Crippen molar-refractivity contribution < 1.29 is 0 Å². The van der Waals surface area contributed by atoms with Crippen LogP contribution in [0.4, 0.5) is 0 Å². The molecule has 1 aromatic rings. The third-order valence-electron chi connectivity index (χ3n) is 3.98. The molecule has 1 aliphatic rings. The van der Waals surface area contributed by atoms with Crippen molar-refractivity contribution in [2.45, 2.75) is 71.4 Å². The highest BCUT2D eigenvalue weighted by Crippen LogP contribution is 2.38. The molecular formula is C18H29N. The van der Waals surface area contributed by atoms with Gasteiger partial charge in [0.25, 0.3) is 0 Å². The summed E-state index contributed by atoms with van der Waals surface area (Å²) in [5, 5.41) is 3.85. The van der Waals surface area contributed by atoms with Crippen LogP contribution in [-0.2, 0) is 0 Å². The van der Waals surface area contributed by atoms with Crippen LogP contribution in [0, 0.1) is 5.41 Å². The van der Waals surface area contributed by atoms with E-state index >= 15 is 0 Å². The fraction of sp³-hybridized carbons (Fsp3) is 0.667. The topological polar surface area (TPSA) is 12.0 Å². The predicted molar refractivity (Wildman–Crippen MR) is 83.5 cm³/mol. The summed E-state index contributed by atoms with van der Waals surface area (Å²) in [7, 11) is 0. The molecule has 1 heteroatoms. The lowest BCUT2D eigenvalue weighted by Gasteiger charge is -2.43. The number of nitrogens with one attached hydrogen (secondary N) is 1. The molecule has 0 heterocycles. The molecule has 1 saturated carbocycles. The highest BCUT2D eigenvalue weighted by molar-refractivity contribution is 5.22. The fourth-order valence-corrected chi connectivity index (χ4v) is 3.66. The molecule has 0 saturated heterocycles. The van der Waals surface area contributed by atoms with Crippen molar-refractivity contribution in [3.05, 3.63) is 35.9 Å². The van der Waals surface area contributed by atoms with Gasteiger partial charge in [0.2, 0.25) is 0 Å². The van der Waals surface area contributed by atoms with Crippen LogP contribution in [-0.4, -0.2) is 11.6 Å². The summed E-state index contributed by atoms with van der Waals surface area (Å²) in [4.78, 5) is 0. The average Bonchev–Trinajstić information content (AvgIpc) is 2.20. The smallest absolute Gasteiger partial charge is 0.0132 e. The van der Waals surface area contributed by atoms with Gasteiger partial charge in [-0.3, -0.25) is 0 Å². The van der Waals surface area contributed by atoms with Gasteiger partial charge in [-0.05, 0) is 50.0 Å². The number of benzene rings is 1. The van der Waals surface area contributed by atoms with Crippen LogP contribution in [0.1, 0.15) is 65.4 Å². The van der Waals surface area contributed by atoms with Crippen molar-refractivity contribution in [2.24, 2.45) is 5.41 Å². The first-order chi connectivity index (χ1) is 8.75. The monoisotopic (exact) mass is 259 g/mol. The van der Waals surface area contributed by atoms with Gasteiger partial charge in [-0.15, -0.1) is 0 Å². The molecule has 0 radical (unpaired) electrons. The van der Waals surface area contributed by atoms with Gasteiger partial charge in [0.05, 0.1) is 0 Å². The Balaban J connectivity index is 1.82. The number of rotatable bonds is 4. The third kappa shape index (κ3) is 4.35. The maximum absolute atomic E-state index is 3.85. The zero-order valence-electron chi connectivity index (χ0n) is 13.2. The first kappa shape index (κ1) is 14.6. The molecule has 0 bridgehead atoms. The standard InChI is InChI=1S/C18H29N/c1-17(2,3)13-18(4,5)19-16-11-15(12-16)14-9-7-6-8-10-14/h6-10,15-16,19H,11-13H2,1-5H3. The van der Waals surface area contributed by atoms with E-state index in [0.717, 1.165) is 5.92 Å². The first-order valence-electron chi connectivity index (χ1n) is 7.58. The van der Waals surface area contributed by atoms with Crippen LogP contribution >= 0.6 is 0 Å². The van der Waals surface area contributed by atoms with Gasteiger partial charge >= 0.3 is 0 Å². The van der Waals surface area contributed by atoms with Crippen molar-refractivity contribution in [2.75, 3.05) is 0 Å². The summed E-state index contributed by atoms with van der Waals surface area (Å²) in [5.41, 5.74) is 2.14. The van der Waals surface area contributed by atoms with E-state index in [0.29, 0.717) is 11.5 Å². The third-order valence-corrected chi connectivity index (χ3v) is 3.98. The van der Waals surface area contributed by atoms with Crippen LogP contribution in [0.25, 0.3) is 0 Å². The molecule has 2 rings (SSSR count). The number of hydrogen-bond donors (Lipinski definition) is 1. The lowest BCUT2D eigenvalue weighted by molar-refractivity contribution is 0.176. The van der Waals surface area contributed by atoms with Crippen LogP contribution in [0.2, 0.25) is 0 Å². The van der Waals surface area contributed by atoms with Crippen LogP contribution in [0.5, 0.6) is 0 Å². The Morgan fingerprint density at radius 2 is 1.58 bits per heavy atom. The molecule has 1 fully saturated rings. The molecule has 19 heavy (non-hydrogen) atoms. The van der Waals surface area contributed by atoms with Crippen LogP contribution < -0.4 is 5.32 Å². The molecule has 0 aliphatic heterocycles.